The molecule has 0 aliphatic rings. The second-order valence-electron chi connectivity index (χ2n) is 3.63. The first-order valence-electron chi connectivity index (χ1n) is 5.19. The van der Waals surface area contributed by atoms with Crippen molar-refractivity contribution in [1.29, 1.82) is 5.26 Å². The lowest BCUT2D eigenvalue weighted by atomic mass is 10.2. The largest absolute Gasteiger partial charge is 0.335 e. The molecule has 2 amide bonds. The van der Waals surface area contributed by atoms with Crippen molar-refractivity contribution < 1.29 is 14.0 Å². The number of benzene rings is 1. The zero-order chi connectivity index (χ0) is 13.5. The van der Waals surface area contributed by atoms with E-state index in [-0.39, 0.29) is 18.9 Å². The normalized spacial score (nSPS) is 9.39. The summed E-state index contributed by atoms with van der Waals surface area (Å²) in [6, 6.07) is 7.33. The molecule has 1 rings (SSSR count). The third kappa shape index (κ3) is 3.87. The molecule has 0 radical (unpaired) electrons. The van der Waals surface area contributed by atoms with Crippen LogP contribution >= 0.6 is 0 Å². The lowest BCUT2D eigenvalue weighted by Gasteiger charge is -2.16. The summed E-state index contributed by atoms with van der Waals surface area (Å²) in [6.07, 6.45) is 0. The van der Waals surface area contributed by atoms with Crippen LogP contribution in [0.1, 0.15) is 5.56 Å². The topological polar surface area (TPSA) is 73.2 Å². The number of nitrogens with zero attached hydrogens (tertiary/aromatic N) is 2. The van der Waals surface area contributed by atoms with Gasteiger partial charge in [0.15, 0.2) is 0 Å². The van der Waals surface area contributed by atoms with Crippen molar-refractivity contribution in [3.8, 4) is 6.07 Å². The Hall–Kier alpha value is -2.42. The molecule has 5 nitrogen and oxygen atoms in total. The minimum absolute atomic E-state index is 0.194. The molecule has 0 saturated carbocycles. The minimum atomic E-state index is -0.832. The fraction of sp³-hybridized carbons (Fsp3) is 0.250. The fourth-order valence-corrected chi connectivity index (χ4v) is 1.30. The van der Waals surface area contributed by atoms with Crippen molar-refractivity contribution in [3.63, 3.8) is 0 Å². The second kappa shape index (κ2) is 6.35. The third-order valence-electron chi connectivity index (χ3n) is 2.20. The Morgan fingerprint density at radius 1 is 1.39 bits per heavy atom. The number of carbonyl (C=O) groups excluding carboxylic acids is 2. The number of hydrogen-bond donors (Lipinski definition) is 1. The van der Waals surface area contributed by atoms with Gasteiger partial charge in [0, 0.05) is 13.6 Å². The quantitative estimate of drug-likeness (QED) is 0.623. The third-order valence-corrected chi connectivity index (χ3v) is 2.20. The van der Waals surface area contributed by atoms with Gasteiger partial charge in [-0.05, 0) is 17.7 Å². The van der Waals surface area contributed by atoms with Crippen LogP contribution in [0, 0.1) is 17.1 Å². The number of nitrogens with one attached hydrogen (secondary N) is 1. The van der Waals surface area contributed by atoms with Gasteiger partial charge < -0.3 is 10.2 Å². The van der Waals surface area contributed by atoms with E-state index in [9.17, 15) is 14.0 Å². The maximum Gasteiger partial charge on any atom is 0.311 e. The molecule has 1 aromatic rings. The zero-order valence-corrected chi connectivity index (χ0v) is 9.81. The van der Waals surface area contributed by atoms with Gasteiger partial charge in [-0.25, -0.2) is 4.39 Å². The van der Waals surface area contributed by atoms with Gasteiger partial charge in [0.2, 0.25) is 0 Å². The van der Waals surface area contributed by atoms with Gasteiger partial charge in [0.05, 0.1) is 6.07 Å². The molecular weight excluding hydrogens is 237 g/mol. The Labute approximate surface area is 104 Å². The molecule has 1 N–H and O–H groups in total. The Bertz CT molecular complexity index is 479. The van der Waals surface area contributed by atoms with Crippen LogP contribution in [0.25, 0.3) is 0 Å². The van der Waals surface area contributed by atoms with E-state index < -0.39 is 11.8 Å². The number of amides is 2. The van der Waals surface area contributed by atoms with Crippen molar-refractivity contribution in [2.45, 2.75) is 6.54 Å². The van der Waals surface area contributed by atoms with Crippen LogP contribution in [0.5, 0.6) is 0 Å². The summed E-state index contributed by atoms with van der Waals surface area (Å²) in [5.74, 6) is -1.93. The van der Waals surface area contributed by atoms with E-state index in [2.05, 4.69) is 5.32 Å². The smallest absolute Gasteiger partial charge is 0.311 e. The SMILES string of the molecule is CN(Cc1ccc(F)cc1)C(=O)C(=O)NCC#N. The number of carbonyl (C=O) groups is 2. The van der Waals surface area contributed by atoms with Gasteiger partial charge in [0.1, 0.15) is 12.4 Å². The average molecular weight is 249 g/mol. The molecule has 18 heavy (non-hydrogen) atoms. The maximum absolute atomic E-state index is 12.7. The maximum atomic E-state index is 12.7. The molecule has 0 aliphatic carbocycles. The van der Waals surface area contributed by atoms with E-state index >= 15 is 0 Å². The van der Waals surface area contributed by atoms with Gasteiger partial charge in [-0.3, -0.25) is 9.59 Å². The Morgan fingerprint density at radius 3 is 2.56 bits per heavy atom. The van der Waals surface area contributed by atoms with Gasteiger partial charge in [-0.2, -0.15) is 5.26 Å². The molecule has 94 valence electrons. The van der Waals surface area contributed by atoms with Crippen LogP contribution in [0.15, 0.2) is 24.3 Å². The van der Waals surface area contributed by atoms with Crippen LogP contribution in [0.2, 0.25) is 0 Å². The molecule has 0 unspecified atom stereocenters. The van der Waals surface area contributed by atoms with Crippen molar-refractivity contribution in [2.75, 3.05) is 13.6 Å². The van der Waals surface area contributed by atoms with E-state index in [0.29, 0.717) is 5.56 Å². The number of hydrogen-bond acceptors (Lipinski definition) is 3. The van der Waals surface area contributed by atoms with Crippen LogP contribution in [0.4, 0.5) is 4.39 Å². The highest BCUT2D eigenvalue weighted by Gasteiger charge is 2.17. The summed E-state index contributed by atoms with van der Waals surface area (Å²) in [4.78, 5) is 24.0. The molecule has 1 aromatic carbocycles. The van der Waals surface area contributed by atoms with Crippen LogP contribution in [-0.2, 0) is 16.1 Å². The van der Waals surface area contributed by atoms with Crippen molar-refractivity contribution >= 4 is 11.8 Å². The predicted molar refractivity (Wildman–Crippen MR) is 61.5 cm³/mol. The van der Waals surface area contributed by atoms with Crippen LogP contribution in [0.3, 0.4) is 0 Å². The fourth-order valence-electron chi connectivity index (χ4n) is 1.30. The first-order valence-corrected chi connectivity index (χ1v) is 5.19. The van der Waals surface area contributed by atoms with Crippen LogP contribution in [-0.4, -0.2) is 30.3 Å². The minimum Gasteiger partial charge on any atom is -0.335 e. The summed E-state index contributed by atoms with van der Waals surface area (Å²) in [5, 5.41) is 10.4. The van der Waals surface area contributed by atoms with Crippen molar-refractivity contribution in [3.05, 3.63) is 35.6 Å². The Balaban J connectivity index is 2.57. The van der Waals surface area contributed by atoms with Gasteiger partial charge >= 0.3 is 11.8 Å². The van der Waals surface area contributed by atoms with Gasteiger partial charge in [0.25, 0.3) is 0 Å². The summed E-state index contributed by atoms with van der Waals surface area (Å²) in [6.45, 7) is -0.0198. The van der Waals surface area contributed by atoms with Crippen molar-refractivity contribution in [2.24, 2.45) is 0 Å². The van der Waals surface area contributed by atoms with Gasteiger partial charge in [-0.15, -0.1) is 0 Å². The van der Waals surface area contributed by atoms with Crippen molar-refractivity contribution in [1.82, 2.24) is 10.2 Å². The average Bonchev–Trinajstić information content (AvgIpc) is 2.37. The summed E-state index contributed by atoms with van der Waals surface area (Å²) in [5.41, 5.74) is 0.709. The first-order chi connectivity index (χ1) is 8.54. The number of rotatable bonds is 3. The lowest BCUT2D eigenvalue weighted by Crippen LogP contribution is -2.40. The molecule has 6 heteroatoms. The molecule has 0 aromatic heterocycles. The number of nitriles is 1. The standard InChI is InChI=1S/C12H12FN3O2/c1-16(12(18)11(17)15-7-6-14)8-9-2-4-10(13)5-3-9/h2-5H,7-8H2,1H3,(H,15,17). The van der Waals surface area contributed by atoms with Crippen LogP contribution < -0.4 is 5.32 Å². The van der Waals surface area contributed by atoms with Gasteiger partial charge in [-0.1, -0.05) is 12.1 Å². The first kappa shape index (κ1) is 13.6. The number of halogens is 1. The summed E-state index contributed by atoms with van der Waals surface area (Å²) >= 11 is 0. The zero-order valence-electron chi connectivity index (χ0n) is 9.81. The second-order valence-corrected chi connectivity index (χ2v) is 3.63. The van der Waals surface area contributed by atoms with E-state index in [1.54, 1.807) is 6.07 Å². The molecule has 0 saturated heterocycles. The molecule has 0 atom stereocenters. The lowest BCUT2D eigenvalue weighted by molar-refractivity contribution is -0.145. The molecule has 0 spiro atoms. The van der Waals surface area contributed by atoms with E-state index in [1.165, 1.54) is 36.2 Å². The molecular formula is C12H12FN3O2. The van der Waals surface area contributed by atoms with E-state index in [0.717, 1.165) is 0 Å². The summed E-state index contributed by atoms with van der Waals surface area (Å²) in [7, 11) is 1.46. The molecule has 0 aliphatic heterocycles. The molecule has 0 heterocycles. The Kier molecular flexibility index (Phi) is 4.81. The van der Waals surface area contributed by atoms with E-state index in [1.807, 2.05) is 0 Å². The molecule has 0 bridgehead atoms. The van der Waals surface area contributed by atoms with E-state index in [4.69, 9.17) is 5.26 Å². The highest BCUT2D eigenvalue weighted by Crippen LogP contribution is 2.05. The summed E-state index contributed by atoms with van der Waals surface area (Å²) < 4.78 is 12.7. The molecule has 0 fully saturated rings. The predicted octanol–water partition coefficient (Wildman–Crippen LogP) is 0.424. The highest BCUT2D eigenvalue weighted by molar-refractivity contribution is 6.34. The monoisotopic (exact) mass is 249 g/mol. The number of likely N-dealkylation sites (N-methyl/N-ethyl adjacent to an activating group) is 1. The Morgan fingerprint density at radius 2 is 2.00 bits per heavy atom. The highest BCUT2D eigenvalue weighted by atomic mass is 19.1.